The van der Waals surface area contributed by atoms with E-state index in [1.54, 1.807) is 0 Å². The number of hydrogen-bond acceptors (Lipinski definition) is 1. The maximum absolute atomic E-state index is 12.5. The van der Waals surface area contributed by atoms with Crippen molar-refractivity contribution < 1.29 is 4.79 Å². The van der Waals surface area contributed by atoms with Gasteiger partial charge in [0.2, 0.25) is 0 Å². The van der Waals surface area contributed by atoms with E-state index in [0.29, 0.717) is 22.4 Å². The predicted octanol–water partition coefficient (Wildman–Crippen LogP) is 6.10. The van der Waals surface area contributed by atoms with E-state index in [-0.39, 0.29) is 0 Å². The first-order valence-corrected chi connectivity index (χ1v) is 11.7. The Bertz CT molecular complexity index is 502. The second-order valence-corrected chi connectivity index (χ2v) is 10.7. The first-order valence-electron chi connectivity index (χ1n) is 10.5. The molecule has 0 spiro atoms. The fourth-order valence-corrected chi connectivity index (χ4v) is 8.28. The van der Waals surface area contributed by atoms with Gasteiger partial charge >= 0.3 is 0 Å². The minimum absolute atomic E-state index is 0.312. The zero-order chi connectivity index (χ0) is 17.1. The van der Waals surface area contributed by atoms with Crippen LogP contribution in [0.15, 0.2) is 0 Å². The summed E-state index contributed by atoms with van der Waals surface area (Å²) in [5.74, 6) is 7.44. The van der Waals surface area contributed by atoms with Gasteiger partial charge in [0.05, 0.1) is 5.33 Å². The summed E-state index contributed by atoms with van der Waals surface area (Å²) in [7, 11) is 0. The Kier molecular flexibility index (Phi) is 4.68. The van der Waals surface area contributed by atoms with Gasteiger partial charge in [0.1, 0.15) is 5.78 Å². The molecule has 4 aliphatic rings. The van der Waals surface area contributed by atoms with E-state index >= 15 is 0 Å². The number of fused-ring (bicyclic) bond motifs is 5. The predicted molar refractivity (Wildman–Crippen MR) is 103 cm³/mol. The second kappa shape index (κ2) is 6.39. The fourth-order valence-electron chi connectivity index (χ4n) is 7.89. The minimum atomic E-state index is 0.312. The van der Waals surface area contributed by atoms with Crippen molar-refractivity contribution in [2.45, 2.75) is 72.1 Å². The van der Waals surface area contributed by atoms with Crippen LogP contribution >= 0.6 is 15.9 Å². The van der Waals surface area contributed by atoms with Crippen molar-refractivity contribution in [2.24, 2.45) is 52.8 Å². The molecule has 24 heavy (non-hydrogen) atoms. The molecule has 0 bridgehead atoms. The normalized spacial score (nSPS) is 53.8. The van der Waals surface area contributed by atoms with Gasteiger partial charge in [0, 0.05) is 5.92 Å². The molecule has 0 N–H and O–H groups in total. The third kappa shape index (κ3) is 2.57. The Morgan fingerprint density at radius 3 is 2.46 bits per heavy atom. The van der Waals surface area contributed by atoms with Crippen molar-refractivity contribution in [1.29, 1.82) is 0 Å². The number of carbonyl (C=O) groups is 1. The fraction of sp³-hybridized carbons (Fsp3) is 0.955. The zero-order valence-electron chi connectivity index (χ0n) is 15.8. The van der Waals surface area contributed by atoms with Gasteiger partial charge in [-0.25, -0.2) is 0 Å². The Morgan fingerprint density at radius 1 is 0.958 bits per heavy atom. The minimum Gasteiger partial charge on any atom is -0.298 e. The highest BCUT2D eigenvalue weighted by molar-refractivity contribution is 9.09. The van der Waals surface area contributed by atoms with Crippen molar-refractivity contribution in [2.75, 3.05) is 5.33 Å². The standard InChI is InChI=1S/C22H35BrO/c1-13-10-15-4-5-17-16(18(15)11-14(13)2)8-9-22(3)19(17)6-7-20(22)21(24)12-23/h13-20H,4-12H2,1-3H3. The Labute approximate surface area is 156 Å². The largest absolute Gasteiger partial charge is 0.298 e. The van der Waals surface area contributed by atoms with Crippen LogP contribution in [0.1, 0.15) is 72.1 Å². The van der Waals surface area contributed by atoms with Gasteiger partial charge in [-0.3, -0.25) is 4.79 Å². The van der Waals surface area contributed by atoms with Crippen molar-refractivity contribution in [1.82, 2.24) is 0 Å². The highest BCUT2D eigenvalue weighted by Gasteiger charge is 2.58. The van der Waals surface area contributed by atoms with Gasteiger partial charge in [0.15, 0.2) is 0 Å². The number of carbonyl (C=O) groups excluding carboxylic acids is 1. The van der Waals surface area contributed by atoms with Crippen LogP contribution < -0.4 is 0 Å². The van der Waals surface area contributed by atoms with Gasteiger partial charge in [0.25, 0.3) is 0 Å². The third-order valence-electron chi connectivity index (χ3n) is 9.33. The molecular weight excluding hydrogens is 360 g/mol. The molecule has 9 atom stereocenters. The highest BCUT2D eigenvalue weighted by atomic mass is 79.9. The zero-order valence-corrected chi connectivity index (χ0v) is 17.4. The lowest BCUT2D eigenvalue weighted by molar-refractivity contribution is -0.128. The molecule has 0 amide bonds. The van der Waals surface area contributed by atoms with Gasteiger partial charge in [-0.1, -0.05) is 36.7 Å². The number of halogens is 1. The van der Waals surface area contributed by atoms with E-state index in [1.165, 1.54) is 44.9 Å². The van der Waals surface area contributed by atoms with E-state index in [9.17, 15) is 4.79 Å². The summed E-state index contributed by atoms with van der Waals surface area (Å²) in [5.41, 5.74) is 0.312. The van der Waals surface area contributed by atoms with Crippen LogP contribution in [0.2, 0.25) is 0 Å². The second-order valence-electron chi connectivity index (χ2n) is 10.1. The quantitative estimate of drug-likeness (QED) is 0.516. The molecule has 2 heteroatoms. The van der Waals surface area contributed by atoms with E-state index in [4.69, 9.17) is 0 Å². The summed E-state index contributed by atoms with van der Waals surface area (Å²) >= 11 is 3.44. The number of ketones is 1. The molecule has 4 rings (SSSR count). The summed E-state index contributed by atoms with van der Waals surface area (Å²) in [4.78, 5) is 12.5. The van der Waals surface area contributed by atoms with Crippen molar-refractivity contribution >= 4 is 21.7 Å². The molecular formula is C22H35BrO. The monoisotopic (exact) mass is 394 g/mol. The molecule has 9 unspecified atom stereocenters. The Hall–Kier alpha value is 0.150. The number of Topliss-reactive ketones (excluding diaryl/α,β-unsaturated/α-hetero) is 1. The molecule has 0 aromatic carbocycles. The number of rotatable bonds is 2. The Morgan fingerprint density at radius 2 is 1.71 bits per heavy atom. The molecule has 0 saturated heterocycles. The topological polar surface area (TPSA) is 17.1 Å². The van der Waals surface area contributed by atoms with Crippen molar-refractivity contribution in [3.8, 4) is 0 Å². The first kappa shape index (κ1) is 17.6. The van der Waals surface area contributed by atoms with Gasteiger partial charge in [-0.15, -0.1) is 0 Å². The molecule has 0 aromatic heterocycles. The van der Waals surface area contributed by atoms with Gasteiger partial charge in [-0.2, -0.15) is 0 Å². The maximum atomic E-state index is 12.5. The van der Waals surface area contributed by atoms with Crippen LogP contribution in [0.4, 0.5) is 0 Å². The Balaban J connectivity index is 1.55. The lowest BCUT2D eigenvalue weighted by Gasteiger charge is -2.57. The molecule has 4 fully saturated rings. The van der Waals surface area contributed by atoms with Gasteiger partial charge < -0.3 is 0 Å². The molecule has 136 valence electrons. The van der Waals surface area contributed by atoms with Crippen LogP contribution in [0.3, 0.4) is 0 Å². The maximum Gasteiger partial charge on any atom is 0.147 e. The van der Waals surface area contributed by atoms with E-state index in [0.717, 1.165) is 47.8 Å². The summed E-state index contributed by atoms with van der Waals surface area (Å²) in [6, 6.07) is 0. The first-order chi connectivity index (χ1) is 11.5. The molecule has 0 radical (unpaired) electrons. The summed E-state index contributed by atoms with van der Waals surface area (Å²) < 4.78 is 0. The molecule has 0 aliphatic heterocycles. The summed E-state index contributed by atoms with van der Waals surface area (Å²) in [5, 5.41) is 0.564. The van der Waals surface area contributed by atoms with Crippen LogP contribution in [0, 0.1) is 52.8 Å². The molecule has 4 saturated carbocycles. The van der Waals surface area contributed by atoms with Crippen LogP contribution in [0.25, 0.3) is 0 Å². The van der Waals surface area contributed by atoms with E-state index < -0.39 is 0 Å². The molecule has 1 nitrogen and oxygen atoms in total. The van der Waals surface area contributed by atoms with Crippen LogP contribution in [0.5, 0.6) is 0 Å². The molecule has 0 heterocycles. The van der Waals surface area contributed by atoms with Crippen molar-refractivity contribution in [3.05, 3.63) is 0 Å². The number of hydrogen-bond donors (Lipinski definition) is 0. The molecule has 4 aliphatic carbocycles. The summed E-state index contributed by atoms with van der Waals surface area (Å²) in [6.45, 7) is 7.46. The summed E-state index contributed by atoms with van der Waals surface area (Å²) in [6.07, 6.45) is 11.1. The number of alkyl halides is 1. The molecule has 0 aromatic rings. The SMILES string of the molecule is CC1CC2CCC3C(CCC4(C)C(C(=O)CBr)CCC34)C2CC1C. The van der Waals surface area contributed by atoms with Gasteiger partial charge in [-0.05, 0) is 98.2 Å². The van der Waals surface area contributed by atoms with E-state index in [2.05, 4.69) is 36.7 Å². The van der Waals surface area contributed by atoms with E-state index in [1.807, 2.05) is 0 Å². The highest BCUT2D eigenvalue weighted by Crippen LogP contribution is 2.64. The van der Waals surface area contributed by atoms with Crippen molar-refractivity contribution in [3.63, 3.8) is 0 Å². The van der Waals surface area contributed by atoms with Crippen LogP contribution in [-0.4, -0.2) is 11.1 Å². The van der Waals surface area contributed by atoms with Crippen LogP contribution in [-0.2, 0) is 4.79 Å². The third-order valence-corrected chi connectivity index (χ3v) is 9.88. The smallest absolute Gasteiger partial charge is 0.147 e. The lowest BCUT2D eigenvalue weighted by Crippen LogP contribution is -2.50. The average Bonchev–Trinajstić information content (AvgIpc) is 2.92. The lowest BCUT2D eigenvalue weighted by atomic mass is 9.48. The average molecular weight is 395 g/mol.